The van der Waals surface area contributed by atoms with Crippen molar-refractivity contribution in [3.05, 3.63) is 28.5 Å². The van der Waals surface area contributed by atoms with Crippen LogP contribution in [0.5, 0.6) is 0 Å². The molecule has 0 aliphatic rings. The Morgan fingerprint density at radius 3 is 2.76 bits per heavy atom. The topological polar surface area (TPSA) is 96.4 Å². The molecule has 7 nitrogen and oxygen atoms in total. The first-order chi connectivity index (χ1) is 11.9. The average molecular weight is 378 g/mol. The molecule has 0 saturated carbocycles. The molecule has 3 heterocycles. The Hall–Kier alpha value is -2.23. The lowest BCUT2D eigenvalue weighted by Gasteiger charge is -2.20. The Balaban J connectivity index is 1.94. The largest absolute Gasteiger partial charge is 0.443 e. The minimum absolute atomic E-state index is 0.136. The van der Waals surface area contributed by atoms with Gasteiger partial charge in [-0.1, -0.05) is 6.07 Å². The van der Waals surface area contributed by atoms with Gasteiger partial charge in [-0.3, -0.25) is 5.43 Å². The minimum Gasteiger partial charge on any atom is -0.443 e. The fourth-order valence-corrected chi connectivity index (χ4v) is 3.73. The molecule has 0 atom stereocenters. The van der Waals surface area contributed by atoms with Crippen LogP contribution in [-0.4, -0.2) is 26.8 Å². The van der Waals surface area contributed by atoms with E-state index < -0.39 is 11.7 Å². The van der Waals surface area contributed by atoms with E-state index in [-0.39, 0.29) is 6.61 Å². The first-order valence-electron chi connectivity index (χ1n) is 7.55. The summed E-state index contributed by atoms with van der Waals surface area (Å²) in [6, 6.07) is 3.85. The number of amides is 1. The first kappa shape index (κ1) is 17.6. The van der Waals surface area contributed by atoms with Gasteiger partial charge in [0.1, 0.15) is 10.4 Å². The molecule has 0 radical (unpaired) electrons. The number of nitrogens with zero attached hydrogens (tertiary/aromatic N) is 2. The number of hydrogen-bond acceptors (Lipinski definition) is 8. The van der Waals surface area contributed by atoms with Crippen molar-refractivity contribution in [2.45, 2.75) is 33.0 Å². The number of aromatic nitrogens is 2. The van der Waals surface area contributed by atoms with E-state index >= 15 is 0 Å². The number of anilines is 1. The number of hydrazine groups is 1. The van der Waals surface area contributed by atoms with E-state index in [9.17, 15) is 9.90 Å². The summed E-state index contributed by atoms with van der Waals surface area (Å²) >= 11 is 2.95. The fourth-order valence-electron chi connectivity index (χ4n) is 2.14. The van der Waals surface area contributed by atoms with Gasteiger partial charge in [-0.05, 0) is 37.6 Å². The molecule has 132 valence electrons. The third kappa shape index (κ3) is 4.06. The van der Waals surface area contributed by atoms with E-state index in [0.29, 0.717) is 22.6 Å². The summed E-state index contributed by atoms with van der Waals surface area (Å²) in [6.45, 7) is 5.22. The standard InChI is InChI=1S/C16H18N4O3S2/c1-16(2,3)23-15(22)20-19-13-11-9(7-21)8-25-14(11)18-12(17-13)10-5-4-6-24-10/h4-6,8,21H,7H2,1-3H3,(H,20,22)(H,17,18,19). The van der Waals surface area contributed by atoms with Gasteiger partial charge in [-0.25, -0.2) is 20.2 Å². The zero-order valence-electron chi connectivity index (χ0n) is 14.0. The van der Waals surface area contributed by atoms with E-state index in [1.54, 1.807) is 20.8 Å². The number of thiophene rings is 2. The SMILES string of the molecule is CC(C)(C)OC(=O)NNc1nc(-c2cccs2)nc2scc(CO)c12. The van der Waals surface area contributed by atoms with Crippen molar-refractivity contribution in [2.75, 3.05) is 5.43 Å². The Morgan fingerprint density at radius 2 is 2.12 bits per heavy atom. The predicted molar refractivity (Wildman–Crippen MR) is 99.6 cm³/mol. The van der Waals surface area contributed by atoms with Gasteiger partial charge in [0.2, 0.25) is 0 Å². The van der Waals surface area contributed by atoms with Crippen molar-refractivity contribution in [3.8, 4) is 10.7 Å². The molecule has 0 unspecified atom stereocenters. The summed E-state index contributed by atoms with van der Waals surface area (Å²) < 4.78 is 5.21. The molecule has 0 saturated heterocycles. The summed E-state index contributed by atoms with van der Waals surface area (Å²) in [5, 5.41) is 14.0. The lowest BCUT2D eigenvalue weighted by Crippen LogP contribution is -2.36. The summed E-state index contributed by atoms with van der Waals surface area (Å²) in [5.74, 6) is 0.979. The zero-order valence-corrected chi connectivity index (χ0v) is 15.6. The van der Waals surface area contributed by atoms with Gasteiger partial charge < -0.3 is 9.84 Å². The highest BCUT2D eigenvalue weighted by Crippen LogP contribution is 2.33. The maximum absolute atomic E-state index is 11.9. The monoisotopic (exact) mass is 378 g/mol. The number of aliphatic hydroxyl groups excluding tert-OH is 1. The van der Waals surface area contributed by atoms with E-state index in [2.05, 4.69) is 20.8 Å². The fraction of sp³-hybridized carbons (Fsp3) is 0.312. The van der Waals surface area contributed by atoms with Gasteiger partial charge in [0.15, 0.2) is 11.6 Å². The van der Waals surface area contributed by atoms with Crippen molar-refractivity contribution in [1.82, 2.24) is 15.4 Å². The van der Waals surface area contributed by atoms with Crippen molar-refractivity contribution in [1.29, 1.82) is 0 Å². The second kappa shape index (κ2) is 6.95. The summed E-state index contributed by atoms with van der Waals surface area (Å²) in [5.41, 5.74) is 5.38. The van der Waals surface area contributed by atoms with Gasteiger partial charge in [0, 0.05) is 5.56 Å². The molecule has 25 heavy (non-hydrogen) atoms. The van der Waals surface area contributed by atoms with Crippen LogP contribution < -0.4 is 10.9 Å². The number of rotatable bonds is 4. The van der Waals surface area contributed by atoms with Gasteiger partial charge in [-0.2, -0.15) is 0 Å². The number of nitrogens with one attached hydrogen (secondary N) is 2. The lowest BCUT2D eigenvalue weighted by molar-refractivity contribution is 0.0541. The summed E-state index contributed by atoms with van der Waals surface area (Å²) in [6.07, 6.45) is -0.613. The Labute approximate surface area is 152 Å². The molecule has 0 spiro atoms. The third-order valence-corrected chi connectivity index (χ3v) is 4.89. The highest BCUT2D eigenvalue weighted by Gasteiger charge is 2.18. The van der Waals surface area contributed by atoms with E-state index in [1.807, 2.05) is 22.9 Å². The Morgan fingerprint density at radius 1 is 1.32 bits per heavy atom. The number of carbonyl (C=O) groups is 1. The molecule has 1 amide bonds. The van der Waals surface area contributed by atoms with E-state index in [1.165, 1.54) is 22.7 Å². The highest BCUT2D eigenvalue weighted by molar-refractivity contribution is 7.17. The molecule has 0 aromatic carbocycles. The molecule has 0 bridgehead atoms. The van der Waals surface area contributed by atoms with Crippen LogP contribution in [0.3, 0.4) is 0 Å². The maximum atomic E-state index is 11.9. The molecule has 3 aromatic rings. The summed E-state index contributed by atoms with van der Waals surface area (Å²) in [4.78, 5) is 22.6. The molecule has 3 N–H and O–H groups in total. The summed E-state index contributed by atoms with van der Waals surface area (Å²) in [7, 11) is 0. The van der Waals surface area contributed by atoms with Crippen LogP contribution in [0.15, 0.2) is 22.9 Å². The number of carbonyl (C=O) groups excluding carboxylic acids is 1. The van der Waals surface area contributed by atoms with Crippen LogP contribution in [0, 0.1) is 0 Å². The molecular weight excluding hydrogens is 360 g/mol. The Bertz CT molecular complexity index is 885. The molecule has 3 rings (SSSR count). The van der Waals surface area contributed by atoms with Crippen molar-refractivity contribution in [2.24, 2.45) is 0 Å². The van der Waals surface area contributed by atoms with Crippen LogP contribution in [-0.2, 0) is 11.3 Å². The Kier molecular flexibility index (Phi) is 4.89. The van der Waals surface area contributed by atoms with Crippen LogP contribution in [0.25, 0.3) is 20.9 Å². The van der Waals surface area contributed by atoms with Crippen LogP contribution in [0.4, 0.5) is 10.6 Å². The van der Waals surface area contributed by atoms with Crippen molar-refractivity contribution >= 4 is 44.8 Å². The number of hydrogen-bond donors (Lipinski definition) is 3. The van der Waals surface area contributed by atoms with E-state index in [0.717, 1.165) is 9.71 Å². The maximum Gasteiger partial charge on any atom is 0.426 e. The van der Waals surface area contributed by atoms with Gasteiger partial charge in [0.05, 0.1) is 16.9 Å². The molecule has 0 fully saturated rings. The predicted octanol–water partition coefficient (Wildman–Crippen LogP) is 3.76. The average Bonchev–Trinajstić information content (AvgIpc) is 3.19. The van der Waals surface area contributed by atoms with Gasteiger partial charge in [-0.15, -0.1) is 22.7 Å². The zero-order chi connectivity index (χ0) is 18.0. The quantitative estimate of drug-likeness (QED) is 0.598. The third-order valence-electron chi connectivity index (χ3n) is 3.10. The van der Waals surface area contributed by atoms with Crippen molar-refractivity contribution < 1.29 is 14.6 Å². The first-order valence-corrected chi connectivity index (χ1v) is 9.31. The number of fused-ring (bicyclic) bond motifs is 1. The molecule has 3 aromatic heterocycles. The number of ether oxygens (including phenoxy) is 1. The lowest BCUT2D eigenvalue weighted by atomic mass is 10.2. The van der Waals surface area contributed by atoms with Crippen molar-refractivity contribution in [3.63, 3.8) is 0 Å². The number of aliphatic hydroxyl groups is 1. The van der Waals surface area contributed by atoms with Crippen LogP contribution in [0.1, 0.15) is 26.3 Å². The second-order valence-corrected chi connectivity index (χ2v) is 8.03. The molecule has 9 heteroatoms. The van der Waals surface area contributed by atoms with Gasteiger partial charge >= 0.3 is 6.09 Å². The van der Waals surface area contributed by atoms with Crippen LogP contribution >= 0.6 is 22.7 Å². The normalized spacial score (nSPS) is 11.5. The highest BCUT2D eigenvalue weighted by atomic mass is 32.1. The molecular formula is C16H18N4O3S2. The minimum atomic E-state index is -0.613. The van der Waals surface area contributed by atoms with Gasteiger partial charge in [0.25, 0.3) is 0 Å². The smallest absolute Gasteiger partial charge is 0.426 e. The van der Waals surface area contributed by atoms with E-state index in [4.69, 9.17) is 4.74 Å². The molecule has 0 aliphatic carbocycles. The van der Waals surface area contributed by atoms with Crippen LogP contribution in [0.2, 0.25) is 0 Å². The molecule has 0 aliphatic heterocycles. The second-order valence-electron chi connectivity index (χ2n) is 6.22.